The van der Waals surface area contributed by atoms with E-state index in [1.807, 2.05) is 12.1 Å². The molecule has 0 unspecified atom stereocenters. The normalized spacial score (nSPS) is 13.5. The van der Waals surface area contributed by atoms with E-state index in [1.54, 1.807) is 0 Å². The highest BCUT2D eigenvalue weighted by Gasteiger charge is 2.30. The highest BCUT2D eigenvalue weighted by atomic mass is 31.2. The minimum Gasteiger partial charge on any atom is -0.426 e. The van der Waals surface area contributed by atoms with E-state index in [0.717, 1.165) is 22.3 Å². The number of benzene rings is 5. The molecular weight excluding hydrogens is 631 g/mol. The summed E-state index contributed by atoms with van der Waals surface area (Å²) in [5, 5.41) is 4.82. The summed E-state index contributed by atoms with van der Waals surface area (Å²) in [7, 11) is -2.65. The Morgan fingerprint density at radius 1 is 0.440 bits per heavy atom. The third-order valence-electron chi connectivity index (χ3n) is 9.99. The zero-order chi connectivity index (χ0) is 37.4. The van der Waals surface area contributed by atoms with Gasteiger partial charge in [0.15, 0.2) is 0 Å². The predicted molar refractivity (Wildman–Crippen MR) is 218 cm³/mol. The second-order valence-corrected chi connectivity index (χ2v) is 20.1. The van der Waals surface area contributed by atoms with E-state index >= 15 is 0 Å². The van der Waals surface area contributed by atoms with Gasteiger partial charge >= 0.3 is 8.60 Å². The standard InChI is InChI=1S/C46H59O3P/c1-42(2,3)31-20-19-28-23-35(37(44(7,8)9)24-29(28)21-31)33-17-16-18-40(49-50(47)48)41(33)36-27-34-30(25-38(36)45(10,11)12)22-32(43(4,5)6)26-39(34)46(13,14)15/h16-27,47-48H,1-15H3. The van der Waals surface area contributed by atoms with E-state index in [9.17, 15) is 9.79 Å². The van der Waals surface area contributed by atoms with Gasteiger partial charge in [-0.3, -0.25) is 0 Å². The van der Waals surface area contributed by atoms with Crippen LogP contribution in [0.25, 0.3) is 43.8 Å². The van der Waals surface area contributed by atoms with Gasteiger partial charge in [0.1, 0.15) is 5.75 Å². The van der Waals surface area contributed by atoms with Crippen molar-refractivity contribution >= 4 is 30.1 Å². The van der Waals surface area contributed by atoms with Crippen LogP contribution in [0.1, 0.15) is 132 Å². The summed E-state index contributed by atoms with van der Waals surface area (Å²) in [5.74, 6) is 0.468. The van der Waals surface area contributed by atoms with Crippen LogP contribution in [0.4, 0.5) is 0 Å². The molecular formula is C46H59O3P. The number of hydrogen-bond acceptors (Lipinski definition) is 3. The molecule has 0 aliphatic carbocycles. The van der Waals surface area contributed by atoms with E-state index in [1.165, 1.54) is 49.4 Å². The summed E-state index contributed by atoms with van der Waals surface area (Å²) < 4.78 is 5.95. The molecule has 5 rings (SSSR count). The Labute approximate surface area is 303 Å². The molecule has 0 fully saturated rings. The number of rotatable bonds is 4. The second kappa shape index (κ2) is 12.8. The van der Waals surface area contributed by atoms with Crippen LogP contribution in [0.15, 0.2) is 72.8 Å². The molecule has 0 atom stereocenters. The lowest BCUT2D eigenvalue weighted by atomic mass is 9.74. The zero-order valence-corrected chi connectivity index (χ0v) is 34.1. The Morgan fingerprint density at radius 2 is 0.980 bits per heavy atom. The Balaban J connectivity index is 1.97. The molecule has 5 aromatic carbocycles. The molecule has 0 aliphatic rings. The van der Waals surface area contributed by atoms with Gasteiger partial charge in [-0.25, -0.2) is 0 Å². The van der Waals surface area contributed by atoms with Crippen molar-refractivity contribution in [3.05, 3.63) is 101 Å². The van der Waals surface area contributed by atoms with Crippen LogP contribution in [-0.2, 0) is 27.1 Å². The molecule has 0 aliphatic heterocycles. The SMILES string of the molecule is CC(C)(C)c1ccc2cc(-c3cccc(OP(O)O)c3-c3cc4c(C(C)(C)C)cc(C(C)(C)C)cc4cc3C(C)(C)C)c(C(C)(C)C)cc2c1. The molecule has 5 aromatic rings. The Morgan fingerprint density at radius 3 is 1.52 bits per heavy atom. The molecule has 0 heterocycles. The first-order chi connectivity index (χ1) is 22.8. The molecule has 266 valence electrons. The van der Waals surface area contributed by atoms with Crippen molar-refractivity contribution in [1.29, 1.82) is 0 Å². The number of fused-ring (bicyclic) bond motifs is 2. The highest BCUT2D eigenvalue weighted by molar-refractivity contribution is 7.39. The van der Waals surface area contributed by atoms with Gasteiger partial charge in [-0.2, -0.15) is 0 Å². The van der Waals surface area contributed by atoms with Crippen LogP contribution in [-0.4, -0.2) is 9.79 Å². The first kappa shape index (κ1) is 38.0. The monoisotopic (exact) mass is 690 g/mol. The number of hydrogen-bond donors (Lipinski definition) is 2. The lowest BCUT2D eigenvalue weighted by molar-refractivity contribution is 0.375. The minimum absolute atomic E-state index is 0.00508. The van der Waals surface area contributed by atoms with Gasteiger partial charge < -0.3 is 14.3 Å². The third kappa shape index (κ3) is 7.67. The van der Waals surface area contributed by atoms with Gasteiger partial charge in [-0.1, -0.05) is 146 Å². The summed E-state index contributed by atoms with van der Waals surface area (Å²) in [5.41, 5.74) is 9.93. The van der Waals surface area contributed by atoms with Crippen molar-refractivity contribution < 1.29 is 14.3 Å². The molecule has 0 radical (unpaired) electrons. The fraction of sp³-hybridized carbons (Fsp3) is 0.435. The predicted octanol–water partition coefficient (Wildman–Crippen LogP) is 13.4. The van der Waals surface area contributed by atoms with Gasteiger partial charge in [0.25, 0.3) is 0 Å². The first-order valence-electron chi connectivity index (χ1n) is 18.0. The van der Waals surface area contributed by atoms with Gasteiger partial charge in [0.05, 0.1) is 0 Å². The van der Waals surface area contributed by atoms with Crippen LogP contribution in [0.2, 0.25) is 0 Å². The molecule has 0 spiro atoms. The molecule has 0 bridgehead atoms. The van der Waals surface area contributed by atoms with Crippen molar-refractivity contribution in [3.8, 4) is 28.0 Å². The summed E-state index contributed by atoms with van der Waals surface area (Å²) in [4.78, 5) is 20.6. The first-order valence-corrected chi connectivity index (χ1v) is 19.1. The fourth-order valence-corrected chi connectivity index (χ4v) is 7.43. The average molecular weight is 691 g/mol. The van der Waals surface area contributed by atoms with E-state index in [-0.39, 0.29) is 27.1 Å². The third-order valence-corrected chi connectivity index (χ3v) is 10.3. The van der Waals surface area contributed by atoms with Gasteiger partial charge in [-0.15, -0.1) is 0 Å². The molecule has 50 heavy (non-hydrogen) atoms. The fourth-order valence-electron chi connectivity index (χ4n) is 7.10. The molecule has 0 saturated heterocycles. The average Bonchev–Trinajstić information content (AvgIpc) is 2.96. The summed E-state index contributed by atoms with van der Waals surface area (Å²) in [6.07, 6.45) is 0. The lowest BCUT2D eigenvalue weighted by Gasteiger charge is -2.31. The maximum atomic E-state index is 10.3. The van der Waals surface area contributed by atoms with E-state index in [2.05, 4.69) is 165 Å². The van der Waals surface area contributed by atoms with E-state index < -0.39 is 8.60 Å². The smallest absolute Gasteiger partial charge is 0.391 e. The van der Waals surface area contributed by atoms with Gasteiger partial charge in [0, 0.05) is 5.56 Å². The largest absolute Gasteiger partial charge is 0.426 e. The van der Waals surface area contributed by atoms with Crippen LogP contribution < -0.4 is 4.52 Å². The Hall–Kier alpha value is -3.23. The lowest BCUT2D eigenvalue weighted by Crippen LogP contribution is -2.18. The Bertz CT molecular complexity index is 2070. The van der Waals surface area contributed by atoms with E-state index in [4.69, 9.17) is 4.52 Å². The molecule has 3 nitrogen and oxygen atoms in total. The van der Waals surface area contributed by atoms with Crippen LogP contribution in [0.5, 0.6) is 5.75 Å². The topological polar surface area (TPSA) is 49.7 Å². The van der Waals surface area contributed by atoms with E-state index in [0.29, 0.717) is 5.75 Å². The Kier molecular flexibility index (Phi) is 9.71. The molecule has 2 N–H and O–H groups in total. The quantitative estimate of drug-likeness (QED) is 0.185. The maximum absolute atomic E-state index is 10.3. The minimum atomic E-state index is -2.65. The maximum Gasteiger partial charge on any atom is 0.391 e. The van der Waals surface area contributed by atoms with Crippen LogP contribution >= 0.6 is 8.60 Å². The molecule has 0 aromatic heterocycles. The van der Waals surface area contributed by atoms with Gasteiger partial charge in [-0.05, 0) is 123 Å². The van der Waals surface area contributed by atoms with Crippen LogP contribution in [0.3, 0.4) is 0 Å². The second-order valence-electron chi connectivity index (χ2n) is 19.4. The molecule has 0 saturated carbocycles. The summed E-state index contributed by atoms with van der Waals surface area (Å²) in [6, 6.07) is 27.0. The summed E-state index contributed by atoms with van der Waals surface area (Å²) in [6.45, 7) is 34.0. The highest BCUT2D eigenvalue weighted by Crippen LogP contribution is 2.50. The summed E-state index contributed by atoms with van der Waals surface area (Å²) >= 11 is 0. The van der Waals surface area contributed by atoms with Gasteiger partial charge in [0.2, 0.25) is 0 Å². The van der Waals surface area contributed by atoms with Crippen molar-refractivity contribution in [1.82, 2.24) is 0 Å². The van der Waals surface area contributed by atoms with Crippen LogP contribution in [0, 0.1) is 0 Å². The molecule has 0 amide bonds. The van der Waals surface area contributed by atoms with Crippen molar-refractivity contribution in [2.45, 2.75) is 131 Å². The van der Waals surface area contributed by atoms with Crippen molar-refractivity contribution in [3.63, 3.8) is 0 Å². The molecule has 4 heteroatoms. The van der Waals surface area contributed by atoms with Crippen molar-refractivity contribution in [2.75, 3.05) is 0 Å². The van der Waals surface area contributed by atoms with Crippen molar-refractivity contribution in [2.24, 2.45) is 0 Å². The zero-order valence-electron chi connectivity index (χ0n) is 33.2.